The smallest absolute Gasteiger partial charge is 0 e. The Bertz CT molecular complexity index is 4450. The fraction of sp³-hybridized carbons (Fsp3) is 0.0598. The van der Waals surface area contributed by atoms with E-state index in [-0.39, 0.29) is 49.9 Å². The Labute approximate surface area is 879 Å². The summed E-state index contributed by atoms with van der Waals surface area (Å²) in [6.07, 6.45) is 4.00. The van der Waals surface area contributed by atoms with Crippen LogP contribution in [0.4, 0.5) is 0 Å². The number of benzene rings is 18. The maximum Gasteiger partial charge on any atom is 0 e. The van der Waals surface area contributed by atoms with E-state index in [0.717, 1.165) is 8.88 Å². The van der Waals surface area contributed by atoms with E-state index in [4.69, 9.17) is 29.1 Å². The van der Waals surface area contributed by atoms with Gasteiger partial charge in [0.2, 0.25) is 0 Å². The fourth-order valence-electron chi connectivity index (χ4n) is 13.1. The van der Waals surface area contributed by atoms with Crippen LogP contribution < -0.4 is 95.5 Å². The molecule has 0 aliphatic rings. The fourth-order valence-corrected chi connectivity index (χ4v) is 26.9. The van der Waals surface area contributed by atoms with Crippen LogP contribution in [0.15, 0.2) is 558 Å². The third-order valence-corrected chi connectivity index (χ3v) is 33.3. The molecule has 18 aromatic rings. The van der Waals surface area contributed by atoms with Crippen LogP contribution in [0.2, 0.25) is 6.82 Å². The van der Waals surface area contributed by atoms with Crippen LogP contribution in [0, 0.1) is 0 Å². The molecule has 136 heavy (non-hydrogen) atoms. The zero-order valence-electron chi connectivity index (χ0n) is 77.2. The maximum atomic E-state index is 7.61. The summed E-state index contributed by atoms with van der Waals surface area (Å²) in [4.78, 5) is 0. The number of halogens is 2. The first-order valence-corrected chi connectivity index (χ1v) is 59.8. The first-order valence-electron chi connectivity index (χ1n) is 43.7. The summed E-state index contributed by atoms with van der Waals surface area (Å²) in [7, 11) is 6.70. The number of rotatable bonds is 18. The molecule has 2 nitrogen and oxygen atoms in total. The second kappa shape index (κ2) is 77.4. The van der Waals surface area contributed by atoms with Crippen LogP contribution in [0.5, 0.6) is 0 Å². The van der Waals surface area contributed by atoms with Gasteiger partial charge in [-0.1, -0.05) is 586 Å². The van der Waals surface area contributed by atoms with Gasteiger partial charge in [-0.25, -0.2) is 0 Å². The normalized spacial score (nSPS) is 9.71. The molecule has 0 fully saturated rings. The molecule has 0 radical (unpaired) electrons. The van der Waals surface area contributed by atoms with Crippen molar-refractivity contribution < 1.29 is 46.4 Å². The topological polar surface area (TPSA) is 40.5 Å². The molecule has 0 atom stereocenters. The number of allylic oxidation sites excluding steroid dienone is 2. The van der Waals surface area contributed by atoms with Crippen LogP contribution in [0.3, 0.4) is 0 Å². The molecule has 19 heteroatoms. The summed E-state index contributed by atoms with van der Waals surface area (Å²) >= 11 is 15.5. The molecule has 2 N–H and O–H groups in total. The van der Waals surface area contributed by atoms with Gasteiger partial charge < -0.3 is 10.0 Å². The van der Waals surface area contributed by atoms with Gasteiger partial charge in [0.15, 0.2) is 0 Å². The standard InChI is InChI=1S/6C18H15P.C4H8.2C2H6.CH5BO2.2ClH.2Pd.S3.S2.H2S/c6*1-4-10-16(11-5-1)19(17-12-6-2-7-13-17)18-14-8-3-9-15-18;1-3-4-2;2*1-2;1-2(3)4;;;;;1-3-2;1-2;/h6*1-15H;3-4H,1-2H3;2*1-2H3;3-4H,1H3;2*1H;;;;;1H2/q;;;;;;;;;;;;;+2;;;/p-2. The van der Waals surface area contributed by atoms with Crippen molar-refractivity contribution in [2.45, 2.75) is 48.4 Å². The van der Waals surface area contributed by atoms with E-state index in [0.29, 0.717) is 0 Å². The molecule has 18 rings (SSSR count). The molecular weight excluding hydrogens is 2110 g/mol. The predicted molar refractivity (Wildman–Crippen MR) is 629 cm³/mol. The third kappa shape index (κ3) is 44.8. The van der Waals surface area contributed by atoms with Gasteiger partial charge in [-0.3, -0.25) is 0 Å². The van der Waals surface area contributed by atoms with Gasteiger partial charge in [0, 0.05) is 74.1 Å². The maximum absolute atomic E-state index is 7.61. The minimum Gasteiger partial charge on any atom is -0.0622 e. The summed E-state index contributed by atoms with van der Waals surface area (Å²) in [5.74, 6) is 0. The molecule has 700 valence electrons. The van der Waals surface area contributed by atoms with Crippen molar-refractivity contribution in [3.05, 3.63) is 558 Å². The molecule has 0 aliphatic carbocycles. The van der Waals surface area contributed by atoms with E-state index in [1.807, 2.05) is 53.7 Å². The molecule has 0 saturated heterocycles. The van der Waals surface area contributed by atoms with E-state index in [2.05, 4.69) is 591 Å². The van der Waals surface area contributed by atoms with Crippen molar-refractivity contribution in [2.75, 3.05) is 0 Å². The largest absolute Gasteiger partial charge is 0.0622 e. The summed E-state index contributed by atoms with van der Waals surface area (Å²) in [5.41, 5.74) is 0. The first-order chi connectivity index (χ1) is 66.2. The number of hydrogen-bond acceptors (Lipinski definition) is 6. The molecule has 0 amide bonds. The van der Waals surface area contributed by atoms with Crippen LogP contribution in [0.1, 0.15) is 41.5 Å². The van der Waals surface area contributed by atoms with E-state index >= 15 is 0 Å². The van der Waals surface area contributed by atoms with Crippen LogP contribution in [0.25, 0.3) is 0 Å². The third-order valence-electron chi connectivity index (χ3n) is 18.6. The molecule has 0 bridgehead atoms. The minimum absolute atomic E-state index is 0. The Morgan fingerprint density at radius 1 is 0.206 bits per heavy atom. The van der Waals surface area contributed by atoms with Crippen molar-refractivity contribution in [1.29, 1.82) is 0 Å². The van der Waals surface area contributed by atoms with E-state index < -0.39 is 54.6 Å². The number of hydrogen-bond donors (Lipinski definition) is 2. The Morgan fingerprint density at radius 3 is 0.287 bits per heavy atom. The predicted octanol–water partition coefficient (Wildman–Crippen LogP) is 24.9. The van der Waals surface area contributed by atoms with Gasteiger partial charge >= 0.3 is 42.1 Å². The van der Waals surface area contributed by atoms with Gasteiger partial charge in [-0.2, -0.15) is 13.5 Å². The van der Waals surface area contributed by atoms with Gasteiger partial charge in [-0.05, 0) is 164 Å². The monoisotopic (exact) mass is 2220 g/mol. The Balaban J connectivity index is 0.000000327. The summed E-state index contributed by atoms with van der Waals surface area (Å²) in [6, 6.07) is 194. The van der Waals surface area contributed by atoms with Crippen molar-refractivity contribution >= 4 is 236 Å². The zero-order chi connectivity index (χ0) is 95.9. The van der Waals surface area contributed by atoms with Crippen molar-refractivity contribution in [3.8, 4) is 0 Å². The Hall–Kier alpha value is -8.38. The van der Waals surface area contributed by atoms with Crippen molar-refractivity contribution in [3.63, 3.8) is 0 Å². The van der Waals surface area contributed by atoms with Crippen molar-refractivity contribution in [2.24, 2.45) is 0 Å². The summed E-state index contributed by atoms with van der Waals surface area (Å²) in [5, 5.41) is 40.4. The summed E-state index contributed by atoms with van der Waals surface area (Å²) < 4.78 is 0. The first kappa shape index (κ1) is 120. The molecule has 0 saturated carbocycles. The van der Waals surface area contributed by atoms with Gasteiger partial charge in [-0.15, -0.1) is 0 Å². The summed E-state index contributed by atoms with van der Waals surface area (Å²) in [6.45, 7) is 13.3. The van der Waals surface area contributed by atoms with E-state index in [1.54, 1.807) is 0 Å². The molecule has 18 aromatic carbocycles. The van der Waals surface area contributed by atoms with Crippen molar-refractivity contribution in [1.82, 2.24) is 0 Å². The van der Waals surface area contributed by atoms with Gasteiger partial charge in [0.25, 0.3) is 0 Å². The molecule has 0 aliphatic heterocycles. The second-order valence-electron chi connectivity index (χ2n) is 27.5. The molecule has 0 spiro atoms. The Kier molecular flexibility index (Phi) is 68.3. The van der Waals surface area contributed by atoms with Gasteiger partial charge in [0.05, 0.1) is 0 Å². The molecule has 0 unspecified atom stereocenters. The van der Waals surface area contributed by atoms with Gasteiger partial charge in [0.1, 0.15) is 0 Å². The zero-order valence-corrected chi connectivity index (χ0v) is 92.3. The van der Waals surface area contributed by atoms with E-state index in [1.165, 1.54) is 102 Å². The quantitative estimate of drug-likeness (QED) is 0.0507. The molecule has 0 heterocycles. The SMILES string of the molecule is CB(O)O.CC.CC.CC=CC.S.S=S.S=S=S.[Cl][Pd][Cl].[Pd].c1ccc(P(c2ccccc2)c2ccccc2)cc1.c1ccc(P(c2ccccc2)c2ccccc2)cc1.c1ccc(P(c2ccccc2)c2ccccc2)cc1.c1ccc(P(c2ccccc2)c2ccccc2)cc1.c1ccc(P(c2ccccc2)c2ccccc2)cc1.c1ccc(P(c2ccccc2)c2ccccc2)cc1. The molecular formula is C117H117BCl2O2P6Pd2S6. The van der Waals surface area contributed by atoms with Crippen LogP contribution in [-0.4, -0.2) is 17.2 Å². The second-order valence-corrected chi connectivity index (χ2v) is 44.9. The minimum atomic E-state index is -1.17. The average molecular weight is 2230 g/mol. The molecule has 0 aromatic heterocycles. The van der Waals surface area contributed by atoms with Crippen LogP contribution >= 0.6 is 80.1 Å². The Morgan fingerprint density at radius 2 is 0.250 bits per heavy atom. The van der Waals surface area contributed by atoms with E-state index in [9.17, 15) is 0 Å². The average Bonchev–Trinajstić information content (AvgIpc) is 0.849. The van der Waals surface area contributed by atoms with Crippen LogP contribution in [-0.2, 0) is 90.0 Å².